The first-order chi connectivity index (χ1) is 12.1. The van der Waals surface area contributed by atoms with Crippen LogP contribution in [0.15, 0.2) is 65.8 Å². The predicted octanol–water partition coefficient (Wildman–Crippen LogP) is 2.44. The van der Waals surface area contributed by atoms with Crippen molar-refractivity contribution in [2.75, 3.05) is 17.9 Å². The van der Waals surface area contributed by atoms with Crippen molar-refractivity contribution in [3.63, 3.8) is 0 Å². The first-order valence-electron chi connectivity index (χ1n) is 7.64. The molecule has 1 aliphatic heterocycles. The molecular formula is C17H15N3O4S. The van der Waals surface area contributed by atoms with Gasteiger partial charge in [-0.15, -0.1) is 0 Å². The van der Waals surface area contributed by atoms with Gasteiger partial charge in [-0.1, -0.05) is 0 Å². The molecule has 4 rings (SSSR count). The van der Waals surface area contributed by atoms with Crippen molar-refractivity contribution in [2.45, 2.75) is 4.90 Å². The molecule has 0 amide bonds. The standard InChI is InChI=1S/C17H15N3O4S/c21-25(22,15-6-7-16-17(12-15)24-11-10-23-16)19-13-2-4-14(5-3-13)20-9-1-8-18-20/h1-9,12,19H,10-11H2. The summed E-state index contributed by atoms with van der Waals surface area (Å²) in [5.74, 6) is 0.983. The molecule has 1 aliphatic rings. The SMILES string of the molecule is O=S(=O)(Nc1ccc(-n2cccn2)cc1)c1ccc2c(c1)OCCO2. The van der Waals surface area contributed by atoms with Crippen LogP contribution >= 0.6 is 0 Å². The molecule has 25 heavy (non-hydrogen) atoms. The summed E-state index contributed by atoms with van der Waals surface area (Å²) in [7, 11) is -3.72. The number of sulfonamides is 1. The maximum Gasteiger partial charge on any atom is 0.262 e. The fraction of sp³-hybridized carbons (Fsp3) is 0.118. The maximum atomic E-state index is 12.6. The van der Waals surface area contributed by atoms with Crippen LogP contribution in [0.2, 0.25) is 0 Å². The lowest BCUT2D eigenvalue weighted by molar-refractivity contribution is 0.171. The van der Waals surface area contributed by atoms with E-state index in [0.29, 0.717) is 30.4 Å². The lowest BCUT2D eigenvalue weighted by Crippen LogP contribution is -2.17. The summed E-state index contributed by atoms with van der Waals surface area (Å²) in [4.78, 5) is 0.118. The number of nitrogens with one attached hydrogen (secondary N) is 1. The van der Waals surface area contributed by atoms with E-state index in [1.807, 2.05) is 12.3 Å². The van der Waals surface area contributed by atoms with Crippen LogP contribution in [0.3, 0.4) is 0 Å². The van der Waals surface area contributed by atoms with E-state index in [9.17, 15) is 8.42 Å². The molecule has 0 spiro atoms. The zero-order valence-corrected chi connectivity index (χ0v) is 13.9. The van der Waals surface area contributed by atoms with E-state index in [4.69, 9.17) is 9.47 Å². The molecule has 128 valence electrons. The molecule has 2 heterocycles. The normalized spacial score (nSPS) is 13.4. The van der Waals surface area contributed by atoms with Gasteiger partial charge in [-0.05, 0) is 42.5 Å². The molecule has 0 fully saturated rings. The van der Waals surface area contributed by atoms with Crippen LogP contribution in [-0.4, -0.2) is 31.4 Å². The molecule has 1 aromatic heterocycles. The zero-order chi connectivity index (χ0) is 17.3. The third-order valence-corrected chi connectivity index (χ3v) is 5.09. The average molecular weight is 357 g/mol. The number of benzene rings is 2. The van der Waals surface area contributed by atoms with Crippen molar-refractivity contribution < 1.29 is 17.9 Å². The van der Waals surface area contributed by atoms with Crippen molar-refractivity contribution in [2.24, 2.45) is 0 Å². The van der Waals surface area contributed by atoms with Crippen molar-refractivity contribution >= 4 is 15.7 Å². The summed E-state index contributed by atoms with van der Waals surface area (Å²) in [5, 5.41) is 4.13. The predicted molar refractivity (Wildman–Crippen MR) is 91.8 cm³/mol. The Labute approximate surface area is 144 Å². The molecule has 0 atom stereocenters. The Morgan fingerprint density at radius 2 is 1.76 bits per heavy atom. The van der Waals surface area contributed by atoms with Gasteiger partial charge in [0, 0.05) is 24.1 Å². The van der Waals surface area contributed by atoms with Crippen LogP contribution in [0, 0.1) is 0 Å². The van der Waals surface area contributed by atoms with Gasteiger partial charge in [-0.2, -0.15) is 5.10 Å². The van der Waals surface area contributed by atoms with Crippen molar-refractivity contribution in [3.05, 3.63) is 60.9 Å². The number of aromatic nitrogens is 2. The maximum absolute atomic E-state index is 12.6. The Balaban J connectivity index is 1.57. The third-order valence-electron chi connectivity index (χ3n) is 3.71. The van der Waals surface area contributed by atoms with Crippen molar-refractivity contribution in [3.8, 4) is 17.2 Å². The minimum absolute atomic E-state index is 0.118. The fourth-order valence-corrected chi connectivity index (χ4v) is 3.58. The third kappa shape index (κ3) is 3.16. The van der Waals surface area contributed by atoms with Crippen LogP contribution in [0.4, 0.5) is 5.69 Å². The van der Waals surface area contributed by atoms with E-state index in [2.05, 4.69) is 9.82 Å². The monoisotopic (exact) mass is 357 g/mol. The van der Waals surface area contributed by atoms with Crippen molar-refractivity contribution in [1.29, 1.82) is 0 Å². The molecule has 2 aromatic carbocycles. The molecule has 0 radical (unpaired) electrons. The minimum Gasteiger partial charge on any atom is -0.486 e. The Morgan fingerprint density at radius 3 is 2.48 bits per heavy atom. The van der Waals surface area contributed by atoms with E-state index in [1.165, 1.54) is 12.1 Å². The molecule has 0 bridgehead atoms. The smallest absolute Gasteiger partial charge is 0.262 e. The van der Waals surface area contributed by atoms with Gasteiger partial charge in [-0.25, -0.2) is 13.1 Å². The lowest BCUT2D eigenvalue weighted by atomic mass is 10.3. The van der Waals surface area contributed by atoms with Gasteiger partial charge in [0.15, 0.2) is 11.5 Å². The fourth-order valence-electron chi connectivity index (χ4n) is 2.51. The number of rotatable bonds is 4. The van der Waals surface area contributed by atoms with Crippen LogP contribution in [0.5, 0.6) is 11.5 Å². The highest BCUT2D eigenvalue weighted by atomic mass is 32.2. The molecule has 3 aromatic rings. The number of hydrogen-bond acceptors (Lipinski definition) is 5. The van der Waals surface area contributed by atoms with Gasteiger partial charge in [0.2, 0.25) is 0 Å². The second kappa shape index (κ2) is 6.14. The Hall–Kier alpha value is -3.00. The van der Waals surface area contributed by atoms with Gasteiger partial charge in [0.25, 0.3) is 10.0 Å². The molecular weight excluding hydrogens is 342 g/mol. The Bertz CT molecular complexity index is 983. The van der Waals surface area contributed by atoms with Crippen molar-refractivity contribution in [1.82, 2.24) is 9.78 Å². The van der Waals surface area contributed by atoms with Crippen LogP contribution in [-0.2, 0) is 10.0 Å². The molecule has 0 saturated heterocycles. The summed E-state index contributed by atoms with van der Waals surface area (Å²) in [6, 6.07) is 13.3. The Morgan fingerprint density at radius 1 is 1.00 bits per heavy atom. The lowest BCUT2D eigenvalue weighted by Gasteiger charge is -2.19. The zero-order valence-electron chi connectivity index (χ0n) is 13.1. The molecule has 0 aliphatic carbocycles. The molecule has 0 unspecified atom stereocenters. The Kier molecular flexibility index (Phi) is 3.81. The summed E-state index contributed by atoms with van der Waals surface area (Å²) in [6.07, 6.45) is 3.49. The minimum atomic E-state index is -3.72. The second-order valence-electron chi connectivity index (χ2n) is 5.41. The van der Waals surface area contributed by atoms with E-state index in [0.717, 1.165) is 5.69 Å². The van der Waals surface area contributed by atoms with Crippen LogP contribution in [0.25, 0.3) is 5.69 Å². The number of hydrogen-bond donors (Lipinski definition) is 1. The quantitative estimate of drug-likeness (QED) is 0.775. The number of nitrogens with zero attached hydrogens (tertiary/aromatic N) is 2. The van der Waals surface area contributed by atoms with Crippen LogP contribution in [0.1, 0.15) is 0 Å². The van der Waals surface area contributed by atoms with Gasteiger partial charge < -0.3 is 9.47 Å². The van der Waals surface area contributed by atoms with E-state index < -0.39 is 10.0 Å². The van der Waals surface area contributed by atoms with Gasteiger partial charge >= 0.3 is 0 Å². The topological polar surface area (TPSA) is 82.5 Å². The second-order valence-corrected chi connectivity index (χ2v) is 7.09. The number of ether oxygens (including phenoxy) is 2. The molecule has 0 saturated carbocycles. The summed E-state index contributed by atoms with van der Waals surface area (Å²) in [6.45, 7) is 0.860. The van der Waals surface area contributed by atoms with Gasteiger partial charge in [-0.3, -0.25) is 4.72 Å². The summed E-state index contributed by atoms with van der Waals surface area (Å²) in [5.41, 5.74) is 1.30. The highest BCUT2D eigenvalue weighted by Crippen LogP contribution is 2.32. The molecule has 1 N–H and O–H groups in total. The molecule has 7 nitrogen and oxygen atoms in total. The summed E-state index contributed by atoms with van der Waals surface area (Å²) < 4.78 is 40.3. The number of anilines is 1. The average Bonchev–Trinajstić information content (AvgIpc) is 3.16. The van der Waals surface area contributed by atoms with E-state index in [1.54, 1.807) is 41.2 Å². The van der Waals surface area contributed by atoms with E-state index in [-0.39, 0.29) is 4.90 Å². The van der Waals surface area contributed by atoms with Crippen LogP contribution < -0.4 is 14.2 Å². The summed E-state index contributed by atoms with van der Waals surface area (Å²) >= 11 is 0. The largest absolute Gasteiger partial charge is 0.486 e. The van der Waals surface area contributed by atoms with E-state index >= 15 is 0 Å². The first-order valence-corrected chi connectivity index (χ1v) is 9.13. The highest BCUT2D eigenvalue weighted by Gasteiger charge is 2.19. The molecule has 8 heteroatoms. The first kappa shape index (κ1) is 15.5. The van der Waals surface area contributed by atoms with Gasteiger partial charge in [0.05, 0.1) is 10.6 Å². The number of fused-ring (bicyclic) bond motifs is 1. The highest BCUT2D eigenvalue weighted by molar-refractivity contribution is 7.92. The van der Waals surface area contributed by atoms with Gasteiger partial charge in [0.1, 0.15) is 13.2 Å².